The van der Waals surface area contributed by atoms with Crippen LogP contribution in [0.25, 0.3) is 0 Å². The molecule has 5 nitrogen and oxygen atoms in total. The first-order chi connectivity index (χ1) is 8.70. The van der Waals surface area contributed by atoms with Gasteiger partial charge >= 0.3 is 6.09 Å². The highest BCUT2D eigenvalue weighted by Crippen LogP contribution is 2.21. The lowest BCUT2D eigenvalue weighted by atomic mass is 10.2. The molecule has 0 bridgehead atoms. The van der Waals surface area contributed by atoms with Crippen molar-refractivity contribution < 1.29 is 19.7 Å². The lowest BCUT2D eigenvalue weighted by molar-refractivity contribution is 0.0464. The highest BCUT2D eigenvalue weighted by atomic mass is 16.5. The molecule has 0 spiro atoms. The summed E-state index contributed by atoms with van der Waals surface area (Å²) in [5.41, 5.74) is 1.06. The third-order valence-electron chi connectivity index (χ3n) is 3.16. The first kappa shape index (κ1) is 12.9. The zero-order valence-corrected chi connectivity index (χ0v) is 10.0. The Hall–Kier alpha value is -1.59. The minimum Gasteiger partial charge on any atom is -0.465 e. The van der Waals surface area contributed by atoms with Crippen LogP contribution in [0.1, 0.15) is 12.0 Å². The number of benzene rings is 1. The summed E-state index contributed by atoms with van der Waals surface area (Å²) in [5.74, 6) is 0. The van der Waals surface area contributed by atoms with Crippen molar-refractivity contribution >= 4 is 6.09 Å². The van der Waals surface area contributed by atoms with E-state index in [2.05, 4.69) is 0 Å². The van der Waals surface area contributed by atoms with E-state index in [1.54, 1.807) is 0 Å². The number of likely N-dealkylation sites (tertiary alicyclic amines) is 1. The van der Waals surface area contributed by atoms with Crippen molar-refractivity contribution in [3.63, 3.8) is 0 Å². The Morgan fingerprint density at radius 2 is 2.11 bits per heavy atom. The Morgan fingerprint density at radius 3 is 2.67 bits per heavy atom. The number of carbonyl (C=O) groups is 1. The maximum Gasteiger partial charge on any atom is 0.407 e. The summed E-state index contributed by atoms with van der Waals surface area (Å²) in [4.78, 5) is 12.2. The zero-order valence-electron chi connectivity index (χ0n) is 10.0. The van der Waals surface area contributed by atoms with Crippen molar-refractivity contribution in [2.24, 2.45) is 0 Å². The summed E-state index contributed by atoms with van der Waals surface area (Å²) in [6, 6.07) is 9.40. The normalized spacial score (nSPS) is 23.3. The van der Waals surface area contributed by atoms with Crippen LogP contribution in [-0.4, -0.2) is 46.5 Å². The van der Waals surface area contributed by atoms with Gasteiger partial charge in [-0.3, -0.25) is 0 Å². The topological polar surface area (TPSA) is 70.0 Å². The molecule has 1 aliphatic rings. The van der Waals surface area contributed by atoms with Gasteiger partial charge in [0, 0.05) is 0 Å². The number of rotatable bonds is 4. The average Bonchev–Trinajstić information content (AvgIpc) is 2.81. The third-order valence-corrected chi connectivity index (χ3v) is 3.16. The maximum atomic E-state index is 10.9. The Balaban J connectivity index is 1.87. The fraction of sp³-hybridized carbons (Fsp3) is 0.462. The minimum atomic E-state index is -1.00. The van der Waals surface area contributed by atoms with Gasteiger partial charge in [-0.15, -0.1) is 0 Å². The lowest BCUT2D eigenvalue weighted by Crippen LogP contribution is -2.36. The van der Waals surface area contributed by atoms with Crippen LogP contribution < -0.4 is 0 Å². The molecule has 0 aromatic heterocycles. The number of aliphatic hydroxyl groups is 1. The molecule has 1 aromatic rings. The van der Waals surface area contributed by atoms with Crippen molar-refractivity contribution in [2.75, 3.05) is 13.2 Å². The predicted molar refractivity (Wildman–Crippen MR) is 65.2 cm³/mol. The number of ether oxygens (including phenoxy) is 1. The molecule has 18 heavy (non-hydrogen) atoms. The van der Waals surface area contributed by atoms with Gasteiger partial charge in [0.15, 0.2) is 0 Å². The summed E-state index contributed by atoms with van der Waals surface area (Å²) in [6.45, 7) is 0.641. The van der Waals surface area contributed by atoms with E-state index in [-0.39, 0.29) is 18.8 Å². The molecule has 1 amide bonds. The Bertz CT molecular complexity index is 395. The number of aliphatic hydroxyl groups excluding tert-OH is 1. The van der Waals surface area contributed by atoms with E-state index in [9.17, 15) is 4.79 Å². The number of carboxylic acid groups (broad SMARTS) is 1. The van der Waals surface area contributed by atoms with Crippen molar-refractivity contribution in [3.05, 3.63) is 35.9 Å². The van der Waals surface area contributed by atoms with Gasteiger partial charge in [0.05, 0.1) is 31.9 Å². The largest absolute Gasteiger partial charge is 0.465 e. The quantitative estimate of drug-likeness (QED) is 0.846. The fourth-order valence-electron chi connectivity index (χ4n) is 2.19. The van der Waals surface area contributed by atoms with E-state index >= 15 is 0 Å². The van der Waals surface area contributed by atoms with Crippen LogP contribution >= 0.6 is 0 Å². The van der Waals surface area contributed by atoms with Crippen LogP contribution in [0.5, 0.6) is 0 Å². The fourth-order valence-corrected chi connectivity index (χ4v) is 2.19. The molecule has 2 atom stereocenters. The van der Waals surface area contributed by atoms with Gasteiger partial charge in [-0.25, -0.2) is 4.79 Å². The molecule has 2 unspecified atom stereocenters. The number of hydrogen-bond donors (Lipinski definition) is 2. The Morgan fingerprint density at radius 1 is 1.39 bits per heavy atom. The average molecular weight is 251 g/mol. The molecule has 1 aromatic carbocycles. The zero-order chi connectivity index (χ0) is 13.0. The molecule has 2 N–H and O–H groups in total. The highest BCUT2D eigenvalue weighted by Gasteiger charge is 2.35. The van der Waals surface area contributed by atoms with E-state index < -0.39 is 6.09 Å². The number of hydrogen-bond acceptors (Lipinski definition) is 3. The second-order valence-electron chi connectivity index (χ2n) is 4.43. The van der Waals surface area contributed by atoms with Crippen molar-refractivity contribution in [1.82, 2.24) is 4.90 Å². The Labute approximate surface area is 106 Å². The van der Waals surface area contributed by atoms with Gasteiger partial charge in [-0.05, 0) is 12.0 Å². The molecule has 2 rings (SSSR count). The Kier molecular flexibility index (Phi) is 4.17. The molecule has 98 valence electrons. The molecule has 0 aliphatic carbocycles. The minimum absolute atomic E-state index is 0.140. The first-order valence-electron chi connectivity index (χ1n) is 5.96. The SMILES string of the molecule is O=C(O)N1CC(OCc2ccccc2)CC1CO. The van der Waals surface area contributed by atoms with Gasteiger partial charge < -0.3 is 19.8 Å². The van der Waals surface area contributed by atoms with Crippen molar-refractivity contribution in [2.45, 2.75) is 25.2 Å². The van der Waals surface area contributed by atoms with Crippen molar-refractivity contribution in [1.29, 1.82) is 0 Å². The van der Waals surface area contributed by atoms with Crippen molar-refractivity contribution in [3.8, 4) is 0 Å². The second-order valence-corrected chi connectivity index (χ2v) is 4.43. The molecule has 1 saturated heterocycles. The van der Waals surface area contributed by atoms with E-state index in [0.29, 0.717) is 19.6 Å². The van der Waals surface area contributed by atoms with E-state index in [1.807, 2.05) is 30.3 Å². The third kappa shape index (κ3) is 3.00. The highest BCUT2D eigenvalue weighted by molar-refractivity contribution is 5.66. The van der Waals surface area contributed by atoms with Crippen LogP contribution in [0.15, 0.2) is 30.3 Å². The monoisotopic (exact) mass is 251 g/mol. The van der Waals surface area contributed by atoms with Gasteiger partial charge in [0.25, 0.3) is 0 Å². The summed E-state index contributed by atoms with van der Waals surface area (Å²) in [7, 11) is 0. The lowest BCUT2D eigenvalue weighted by Gasteiger charge is -2.18. The summed E-state index contributed by atoms with van der Waals surface area (Å²) >= 11 is 0. The van der Waals surface area contributed by atoms with E-state index in [4.69, 9.17) is 14.9 Å². The summed E-state index contributed by atoms with van der Waals surface area (Å²) in [6.07, 6.45) is -0.589. The molecule has 1 aliphatic heterocycles. The predicted octanol–water partition coefficient (Wildman–Crippen LogP) is 1.32. The molecule has 5 heteroatoms. The van der Waals surface area contributed by atoms with Crippen LogP contribution in [0.3, 0.4) is 0 Å². The van der Waals surface area contributed by atoms with Crippen LogP contribution in [-0.2, 0) is 11.3 Å². The molecule has 0 radical (unpaired) electrons. The second kappa shape index (κ2) is 5.84. The summed E-state index contributed by atoms with van der Waals surface area (Å²) in [5, 5.41) is 18.1. The molecule has 1 fully saturated rings. The van der Waals surface area contributed by atoms with Gasteiger partial charge in [-0.2, -0.15) is 0 Å². The van der Waals surface area contributed by atoms with Crippen LogP contribution in [0.2, 0.25) is 0 Å². The van der Waals surface area contributed by atoms with Crippen LogP contribution in [0, 0.1) is 0 Å². The number of amides is 1. The maximum absolute atomic E-state index is 10.9. The van der Waals surface area contributed by atoms with Crippen LogP contribution in [0.4, 0.5) is 4.79 Å². The molecule has 1 heterocycles. The van der Waals surface area contributed by atoms with E-state index in [0.717, 1.165) is 5.56 Å². The number of nitrogens with zero attached hydrogens (tertiary/aromatic N) is 1. The standard InChI is InChI=1S/C13H17NO4/c15-8-11-6-12(7-14(11)13(16)17)18-9-10-4-2-1-3-5-10/h1-5,11-12,15H,6-9H2,(H,16,17). The smallest absolute Gasteiger partial charge is 0.407 e. The molecular weight excluding hydrogens is 234 g/mol. The summed E-state index contributed by atoms with van der Waals surface area (Å²) < 4.78 is 5.69. The molecule has 0 saturated carbocycles. The van der Waals surface area contributed by atoms with Gasteiger partial charge in [-0.1, -0.05) is 30.3 Å². The van der Waals surface area contributed by atoms with E-state index in [1.165, 1.54) is 4.90 Å². The molecular formula is C13H17NO4. The van der Waals surface area contributed by atoms with Gasteiger partial charge in [0.1, 0.15) is 0 Å². The first-order valence-corrected chi connectivity index (χ1v) is 5.96. The van der Waals surface area contributed by atoms with Gasteiger partial charge in [0.2, 0.25) is 0 Å².